The first-order valence-electron chi connectivity index (χ1n) is 6.48. The lowest BCUT2D eigenvalue weighted by molar-refractivity contribution is -0.146. The maximum Gasteiger partial charge on any atom is 0.310 e. The maximum absolute atomic E-state index is 13.5. The predicted octanol–water partition coefficient (Wildman–Crippen LogP) is 2.23. The van der Waals surface area contributed by atoms with Crippen molar-refractivity contribution in [3.8, 4) is 0 Å². The average Bonchev–Trinajstić information content (AvgIpc) is 2.38. The molecule has 0 saturated carbocycles. The summed E-state index contributed by atoms with van der Waals surface area (Å²) >= 11 is 0. The lowest BCUT2D eigenvalue weighted by Crippen LogP contribution is -2.41. The van der Waals surface area contributed by atoms with Crippen LogP contribution in [0.3, 0.4) is 0 Å². The molecular weight excluding hydrogens is 261 g/mol. The van der Waals surface area contributed by atoms with E-state index in [-0.39, 0.29) is 24.7 Å². The first-order valence-corrected chi connectivity index (χ1v) is 6.48. The third kappa shape index (κ3) is 4.33. The first-order chi connectivity index (χ1) is 9.24. The molecule has 5 heteroatoms. The molecule has 4 nitrogen and oxygen atoms in total. The lowest BCUT2D eigenvalue weighted by Gasteiger charge is -2.21. The predicted molar refractivity (Wildman–Crippen MR) is 73.7 cm³/mol. The minimum atomic E-state index is -1.02. The number of carboxylic acid groups (broad SMARTS) is 1. The van der Waals surface area contributed by atoms with Crippen LogP contribution in [0.4, 0.5) is 4.39 Å². The molecule has 0 bridgehead atoms. The number of benzene rings is 1. The summed E-state index contributed by atoms with van der Waals surface area (Å²) in [6.07, 6.45) is 0.284. The van der Waals surface area contributed by atoms with Crippen molar-refractivity contribution in [2.75, 3.05) is 6.54 Å². The van der Waals surface area contributed by atoms with Crippen LogP contribution >= 0.6 is 0 Å². The summed E-state index contributed by atoms with van der Waals surface area (Å²) in [5, 5.41) is 11.6. The molecule has 0 aromatic heterocycles. The maximum atomic E-state index is 13.5. The SMILES string of the molecule is CC(Cc1ccccc1F)C(=O)NCC(C)(C)C(=O)O. The van der Waals surface area contributed by atoms with Crippen molar-refractivity contribution >= 4 is 11.9 Å². The highest BCUT2D eigenvalue weighted by Gasteiger charge is 2.28. The summed E-state index contributed by atoms with van der Waals surface area (Å²) in [5.74, 6) is -2.00. The van der Waals surface area contributed by atoms with E-state index in [0.29, 0.717) is 5.56 Å². The largest absolute Gasteiger partial charge is 0.481 e. The van der Waals surface area contributed by atoms with Gasteiger partial charge < -0.3 is 10.4 Å². The molecule has 0 heterocycles. The molecule has 1 unspecified atom stereocenters. The molecule has 2 N–H and O–H groups in total. The Hall–Kier alpha value is -1.91. The Kier molecular flexibility index (Phi) is 5.25. The van der Waals surface area contributed by atoms with Crippen LogP contribution in [0.25, 0.3) is 0 Å². The minimum absolute atomic E-state index is 0.0444. The Bertz CT molecular complexity index is 500. The highest BCUT2D eigenvalue weighted by molar-refractivity contribution is 5.80. The fourth-order valence-corrected chi connectivity index (χ4v) is 1.64. The summed E-state index contributed by atoms with van der Waals surface area (Å²) in [6.45, 7) is 4.81. The van der Waals surface area contributed by atoms with E-state index in [0.717, 1.165) is 0 Å². The number of carboxylic acids is 1. The van der Waals surface area contributed by atoms with Crippen molar-refractivity contribution in [3.63, 3.8) is 0 Å². The molecule has 0 aliphatic rings. The number of nitrogens with one attached hydrogen (secondary N) is 1. The van der Waals surface area contributed by atoms with Gasteiger partial charge in [-0.15, -0.1) is 0 Å². The third-order valence-electron chi connectivity index (χ3n) is 3.22. The zero-order chi connectivity index (χ0) is 15.3. The summed E-state index contributed by atoms with van der Waals surface area (Å²) in [6, 6.07) is 6.31. The van der Waals surface area contributed by atoms with Crippen LogP contribution in [0.15, 0.2) is 24.3 Å². The molecule has 1 aromatic carbocycles. The first kappa shape index (κ1) is 16.1. The second-order valence-corrected chi connectivity index (χ2v) is 5.60. The van der Waals surface area contributed by atoms with Crippen molar-refractivity contribution in [1.29, 1.82) is 0 Å². The van der Waals surface area contributed by atoms with Gasteiger partial charge in [-0.1, -0.05) is 25.1 Å². The number of carbonyl (C=O) groups excluding carboxylic acids is 1. The van der Waals surface area contributed by atoms with Gasteiger partial charge in [-0.3, -0.25) is 9.59 Å². The number of aliphatic carboxylic acids is 1. The van der Waals surface area contributed by atoms with E-state index in [1.54, 1.807) is 25.1 Å². The van der Waals surface area contributed by atoms with Gasteiger partial charge in [-0.25, -0.2) is 4.39 Å². The van der Waals surface area contributed by atoms with Crippen LogP contribution in [0, 0.1) is 17.2 Å². The molecule has 0 aliphatic carbocycles. The highest BCUT2D eigenvalue weighted by Crippen LogP contribution is 2.15. The molecule has 0 radical (unpaired) electrons. The summed E-state index contributed by atoms with van der Waals surface area (Å²) in [7, 11) is 0. The van der Waals surface area contributed by atoms with Gasteiger partial charge in [0.05, 0.1) is 5.41 Å². The minimum Gasteiger partial charge on any atom is -0.481 e. The quantitative estimate of drug-likeness (QED) is 0.840. The molecule has 0 fully saturated rings. The Morgan fingerprint density at radius 3 is 2.50 bits per heavy atom. The molecule has 1 amide bonds. The highest BCUT2D eigenvalue weighted by atomic mass is 19.1. The van der Waals surface area contributed by atoms with E-state index in [1.807, 2.05) is 0 Å². The number of halogens is 1. The monoisotopic (exact) mass is 281 g/mol. The van der Waals surface area contributed by atoms with E-state index >= 15 is 0 Å². The van der Waals surface area contributed by atoms with Crippen molar-refractivity contribution in [2.24, 2.45) is 11.3 Å². The van der Waals surface area contributed by atoms with Gasteiger partial charge in [0.25, 0.3) is 0 Å². The molecule has 20 heavy (non-hydrogen) atoms. The van der Waals surface area contributed by atoms with Crippen LogP contribution in [-0.4, -0.2) is 23.5 Å². The van der Waals surface area contributed by atoms with Gasteiger partial charge in [0.15, 0.2) is 0 Å². The number of carbonyl (C=O) groups is 2. The smallest absolute Gasteiger partial charge is 0.310 e. The lowest BCUT2D eigenvalue weighted by atomic mass is 9.93. The van der Waals surface area contributed by atoms with E-state index in [2.05, 4.69) is 5.32 Å². The zero-order valence-corrected chi connectivity index (χ0v) is 11.9. The van der Waals surface area contributed by atoms with E-state index in [9.17, 15) is 14.0 Å². The molecule has 1 rings (SSSR count). The van der Waals surface area contributed by atoms with Crippen molar-refractivity contribution in [2.45, 2.75) is 27.2 Å². The fraction of sp³-hybridized carbons (Fsp3) is 0.467. The van der Waals surface area contributed by atoms with E-state index in [1.165, 1.54) is 19.9 Å². The Labute approximate surface area is 118 Å². The van der Waals surface area contributed by atoms with Crippen LogP contribution < -0.4 is 5.32 Å². The molecule has 0 saturated heterocycles. The summed E-state index contributed by atoms with van der Waals surface area (Å²) < 4.78 is 13.5. The molecule has 0 aliphatic heterocycles. The average molecular weight is 281 g/mol. The Balaban J connectivity index is 2.56. The summed E-state index contributed by atoms with van der Waals surface area (Å²) in [4.78, 5) is 22.8. The van der Waals surface area contributed by atoms with Gasteiger partial charge in [0, 0.05) is 12.5 Å². The Morgan fingerprint density at radius 1 is 1.35 bits per heavy atom. The fourth-order valence-electron chi connectivity index (χ4n) is 1.64. The molecule has 0 spiro atoms. The second kappa shape index (κ2) is 6.50. The van der Waals surface area contributed by atoms with Crippen LogP contribution in [-0.2, 0) is 16.0 Å². The van der Waals surface area contributed by atoms with Crippen LogP contribution in [0.5, 0.6) is 0 Å². The number of rotatable bonds is 6. The standard InChI is InChI=1S/C15H20FNO3/c1-10(8-11-6-4-5-7-12(11)16)13(18)17-9-15(2,3)14(19)20/h4-7,10H,8-9H2,1-3H3,(H,17,18)(H,19,20). The van der Waals surface area contributed by atoms with Crippen molar-refractivity contribution < 1.29 is 19.1 Å². The zero-order valence-electron chi connectivity index (χ0n) is 11.9. The third-order valence-corrected chi connectivity index (χ3v) is 3.22. The van der Waals surface area contributed by atoms with E-state index in [4.69, 9.17) is 5.11 Å². The van der Waals surface area contributed by atoms with Gasteiger partial charge in [0.1, 0.15) is 5.82 Å². The summed E-state index contributed by atoms with van der Waals surface area (Å²) in [5.41, 5.74) is -0.541. The second-order valence-electron chi connectivity index (χ2n) is 5.60. The van der Waals surface area contributed by atoms with Crippen molar-refractivity contribution in [3.05, 3.63) is 35.6 Å². The number of amides is 1. The van der Waals surface area contributed by atoms with Gasteiger partial charge >= 0.3 is 5.97 Å². The molecule has 1 aromatic rings. The Morgan fingerprint density at radius 2 is 1.95 bits per heavy atom. The van der Waals surface area contributed by atoms with Crippen LogP contribution in [0.2, 0.25) is 0 Å². The van der Waals surface area contributed by atoms with Gasteiger partial charge in [-0.2, -0.15) is 0 Å². The van der Waals surface area contributed by atoms with E-state index < -0.39 is 17.3 Å². The molecule has 1 atom stereocenters. The van der Waals surface area contributed by atoms with Crippen LogP contribution in [0.1, 0.15) is 26.3 Å². The molecule has 110 valence electrons. The topological polar surface area (TPSA) is 66.4 Å². The normalized spacial score (nSPS) is 12.8. The van der Waals surface area contributed by atoms with Crippen molar-refractivity contribution in [1.82, 2.24) is 5.32 Å². The molecular formula is C15H20FNO3. The van der Waals surface area contributed by atoms with Gasteiger partial charge in [-0.05, 0) is 31.9 Å². The number of hydrogen-bond acceptors (Lipinski definition) is 2. The van der Waals surface area contributed by atoms with Gasteiger partial charge in [0.2, 0.25) is 5.91 Å². The number of hydrogen-bond donors (Lipinski definition) is 2.